The molecular weight excluding hydrogens is 276 g/mol. The number of hydrogen-bond donors (Lipinski definition) is 3. The number of nitrogens with zero attached hydrogens (tertiary/aromatic N) is 1. The second-order valence-corrected chi connectivity index (χ2v) is 4.42. The number of amides is 2. The lowest BCUT2D eigenvalue weighted by Crippen LogP contribution is -2.30. The molecule has 21 heavy (non-hydrogen) atoms. The van der Waals surface area contributed by atoms with Gasteiger partial charge in [-0.15, -0.1) is 0 Å². The van der Waals surface area contributed by atoms with Crippen molar-refractivity contribution in [2.24, 2.45) is 0 Å². The topological polar surface area (TPSA) is 103 Å². The van der Waals surface area contributed by atoms with Crippen LogP contribution in [0.25, 0.3) is 0 Å². The summed E-state index contributed by atoms with van der Waals surface area (Å²) in [5.74, 6) is -1.74. The molecule has 0 radical (unpaired) electrons. The summed E-state index contributed by atoms with van der Waals surface area (Å²) in [7, 11) is 1.57. The predicted molar refractivity (Wildman–Crippen MR) is 74.3 cm³/mol. The molecule has 0 saturated heterocycles. The average molecular weight is 290 g/mol. The minimum absolute atomic E-state index is 0.0407. The van der Waals surface area contributed by atoms with Gasteiger partial charge < -0.3 is 24.8 Å². The molecule has 3 N–H and O–H groups in total. The molecule has 2 rings (SSSR count). The Balaban J connectivity index is 2.09. The van der Waals surface area contributed by atoms with E-state index in [-0.39, 0.29) is 11.3 Å². The number of furan rings is 1. The SMILES string of the molecule is CN(Cc1ccoc1)C(=O)Nc1cccc(C(=O)O)c1O. The number of carbonyl (C=O) groups is 2. The monoisotopic (exact) mass is 290 g/mol. The van der Waals surface area contributed by atoms with Crippen LogP contribution in [0.1, 0.15) is 15.9 Å². The van der Waals surface area contributed by atoms with Crippen molar-refractivity contribution in [2.45, 2.75) is 6.54 Å². The number of rotatable bonds is 4. The summed E-state index contributed by atoms with van der Waals surface area (Å²) in [5.41, 5.74) is 0.584. The standard InChI is InChI=1S/C14H14N2O5/c1-16(7-9-5-6-21-8-9)14(20)15-11-4-2-3-10(12(11)17)13(18)19/h2-6,8,17H,7H2,1H3,(H,15,20)(H,18,19). The Morgan fingerprint density at radius 1 is 1.33 bits per heavy atom. The van der Waals surface area contributed by atoms with Crippen molar-refractivity contribution in [1.29, 1.82) is 0 Å². The first kappa shape index (κ1) is 14.4. The third kappa shape index (κ3) is 3.33. The lowest BCUT2D eigenvalue weighted by molar-refractivity contribution is 0.0693. The maximum absolute atomic E-state index is 12.0. The van der Waals surface area contributed by atoms with Crippen LogP contribution in [0.3, 0.4) is 0 Å². The number of benzene rings is 1. The number of carboxylic acid groups (broad SMARTS) is 1. The zero-order chi connectivity index (χ0) is 15.4. The number of hydrogen-bond acceptors (Lipinski definition) is 4. The lowest BCUT2D eigenvalue weighted by Gasteiger charge is -2.18. The van der Waals surface area contributed by atoms with Crippen LogP contribution < -0.4 is 5.32 Å². The molecule has 0 aliphatic heterocycles. The van der Waals surface area contributed by atoms with E-state index in [1.807, 2.05) is 0 Å². The summed E-state index contributed by atoms with van der Waals surface area (Å²) < 4.78 is 4.91. The smallest absolute Gasteiger partial charge is 0.339 e. The Morgan fingerprint density at radius 3 is 2.71 bits per heavy atom. The van der Waals surface area contributed by atoms with E-state index in [2.05, 4.69) is 5.32 Å². The summed E-state index contributed by atoms with van der Waals surface area (Å²) in [6.45, 7) is 0.321. The molecule has 0 saturated carbocycles. The van der Waals surface area contributed by atoms with Crippen LogP contribution in [0.15, 0.2) is 41.2 Å². The first-order valence-electron chi connectivity index (χ1n) is 6.07. The molecule has 2 aromatic rings. The molecule has 7 heteroatoms. The molecule has 2 amide bonds. The fourth-order valence-corrected chi connectivity index (χ4v) is 1.76. The molecule has 0 atom stereocenters. The fourth-order valence-electron chi connectivity index (χ4n) is 1.76. The first-order valence-corrected chi connectivity index (χ1v) is 6.07. The van der Waals surface area contributed by atoms with Crippen LogP contribution in [0, 0.1) is 0 Å². The van der Waals surface area contributed by atoms with Gasteiger partial charge in [0.05, 0.1) is 24.8 Å². The van der Waals surface area contributed by atoms with E-state index < -0.39 is 17.7 Å². The van der Waals surface area contributed by atoms with Gasteiger partial charge in [-0.25, -0.2) is 9.59 Å². The van der Waals surface area contributed by atoms with Gasteiger partial charge >= 0.3 is 12.0 Å². The highest BCUT2D eigenvalue weighted by molar-refractivity contribution is 5.97. The summed E-state index contributed by atoms with van der Waals surface area (Å²) in [4.78, 5) is 24.3. The summed E-state index contributed by atoms with van der Waals surface area (Å²) in [6.07, 6.45) is 3.02. The Bertz CT molecular complexity index is 651. The van der Waals surface area contributed by atoms with Crippen LogP contribution in [-0.4, -0.2) is 34.2 Å². The van der Waals surface area contributed by atoms with Gasteiger partial charge in [-0.3, -0.25) is 0 Å². The number of nitrogens with one attached hydrogen (secondary N) is 1. The maximum atomic E-state index is 12.0. The van der Waals surface area contributed by atoms with E-state index in [4.69, 9.17) is 9.52 Å². The number of phenols is 1. The Hall–Kier alpha value is -2.96. The van der Waals surface area contributed by atoms with Crippen molar-refractivity contribution in [3.63, 3.8) is 0 Å². The zero-order valence-electron chi connectivity index (χ0n) is 11.2. The summed E-state index contributed by atoms with van der Waals surface area (Å²) in [5, 5.41) is 21.2. The Labute approximate surface area is 120 Å². The largest absolute Gasteiger partial charge is 0.505 e. The molecule has 110 valence electrons. The molecule has 0 aliphatic carbocycles. The second-order valence-electron chi connectivity index (χ2n) is 4.42. The van der Waals surface area contributed by atoms with Gasteiger partial charge in [0.1, 0.15) is 5.56 Å². The highest BCUT2D eigenvalue weighted by atomic mass is 16.4. The Morgan fingerprint density at radius 2 is 2.10 bits per heavy atom. The van der Waals surface area contributed by atoms with E-state index in [1.54, 1.807) is 13.1 Å². The molecule has 0 aliphatic rings. The van der Waals surface area contributed by atoms with Crippen molar-refractivity contribution in [1.82, 2.24) is 4.90 Å². The molecule has 1 heterocycles. The van der Waals surface area contributed by atoms with Gasteiger partial charge in [0.2, 0.25) is 0 Å². The normalized spacial score (nSPS) is 10.1. The van der Waals surface area contributed by atoms with Gasteiger partial charge in [-0.2, -0.15) is 0 Å². The van der Waals surface area contributed by atoms with Gasteiger partial charge in [0, 0.05) is 12.6 Å². The summed E-state index contributed by atoms with van der Waals surface area (Å²) >= 11 is 0. The van der Waals surface area contributed by atoms with Gasteiger partial charge in [-0.05, 0) is 18.2 Å². The fraction of sp³-hybridized carbons (Fsp3) is 0.143. The molecule has 0 fully saturated rings. The minimum atomic E-state index is -1.27. The number of para-hydroxylation sites is 1. The van der Waals surface area contributed by atoms with Crippen LogP contribution >= 0.6 is 0 Å². The van der Waals surface area contributed by atoms with Crippen molar-refractivity contribution in [3.05, 3.63) is 47.9 Å². The van der Waals surface area contributed by atoms with Crippen molar-refractivity contribution < 1.29 is 24.2 Å². The van der Waals surface area contributed by atoms with E-state index in [1.165, 1.54) is 35.6 Å². The van der Waals surface area contributed by atoms with Gasteiger partial charge in [0.25, 0.3) is 0 Å². The number of urea groups is 1. The van der Waals surface area contributed by atoms with Crippen LogP contribution in [0.5, 0.6) is 5.75 Å². The van der Waals surface area contributed by atoms with Crippen LogP contribution in [0.4, 0.5) is 10.5 Å². The van der Waals surface area contributed by atoms with E-state index >= 15 is 0 Å². The number of aromatic carboxylic acids is 1. The maximum Gasteiger partial charge on any atom is 0.339 e. The molecule has 1 aromatic heterocycles. The second kappa shape index (κ2) is 6.00. The number of carboxylic acids is 1. The number of anilines is 1. The first-order chi connectivity index (χ1) is 9.99. The van der Waals surface area contributed by atoms with Gasteiger partial charge in [-0.1, -0.05) is 6.07 Å². The van der Waals surface area contributed by atoms with Gasteiger partial charge in [0.15, 0.2) is 5.75 Å². The number of carbonyl (C=O) groups excluding carboxylic acids is 1. The van der Waals surface area contributed by atoms with Crippen LogP contribution in [0.2, 0.25) is 0 Å². The van der Waals surface area contributed by atoms with Crippen molar-refractivity contribution >= 4 is 17.7 Å². The summed E-state index contributed by atoms with van der Waals surface area (Å²) in [6, 6.07) is 5.36. The van der Waals surface area contributed by atoms with E-state index in [0.29, 0.717) is 6.54 Å². The van der Waals surface area contributed by atoms with Crippen molar-refractivity contribution in [2.75, 3.05) is 12.4 Å². The molecule has 0 unspecified atom stereocenters. The predicted octanol–water partition coefficient (Wildman–Crippen LogP) is 2.35. The lowest BCUT2D eigenvalue weighted by atomic mass is 10.1. The average Bonchev–Trinajstić information content (AvgIpc) is 2.93. The highest BCUT2D eigenvalue weighted by Gasteiger charge is 2.16. The highest BCUT2D eigenvalue weighted by Crippen LogP contribution is 2.27. The number of aromatic hydroxyl groups is 1. The minimum Gasteiger partial charge on any atom is -0.505 e. The van der Waals surface area contributed by atoms with Crippen molar-refractivity contribution in [3.8, 4) is 5.75 Å². The molecule has 1 aromatic carbocycles. The van der Waals surface area contributed by atoms with E-state index in [0.717, 1.165) is 5.56 Å². The third-order valence-electron chi connectivity index (χ3n) is 2.85. The molecule has 0 bridgehead atoms. The quantitative estimate of drug-likeness (QED) is 0.750. The van der Waals surface area contributed by atoms with E-state index in [9.17, 15) is 14.7 Å². The Kier molecular flexibility index (Phi) is 4.13. The van der Waals surface area contributed by atoms with Crippen LogP contribution in [-0.2, 0) is 6.54 Å². The zero-order valence-corrected chi connectivity index (χ0v) is 11.2. The molecular formula is C14H14N2O5. The molecule has 0 spiro atoms. The third-order valence-corrected chi connectivity index (χ3v) is 2.85. The molecule has 7 nitrogen and oxygen atoms in total.